The van der Waals surface area contributed by atoms with Crippen molar-refractivity contribution in [1.29, 1.82) is 0 Å². The number of amides is 2. The van der Waals surface area contributed by atoms with Gasteiger partial charge in [-0.05, 0) is 39.0 Å². The Hall–Kier alpha value is -1.30. The van der Waals surface area contributed by atoms with Crippen molar-refractivity contribution in [3.05, 3.63) is 0 Å². The van der Waals surface area contributed by atoms with Gasteiger partial charge in [0.2, 0.25) is 0 Å². The smallest absolute Gasteiger partial charge is 0.332 e. The lowest BCUT2D eigenvalue weighted by Gasteiger charge is -2.42. The van der Waals surface area contributed by atoms with Crippen LogP contribution in [0.4, 0.5) is 4.79 Å². The van der Waals surface area contributed by atoms with Crippen molar-refractivity contribution in [2.75, 3.05) is 19.6 Å². The molecule has 6 heteroatoms. The number of likely N-dealkylation sites (tertiary alicyclic amines) is 1. The molecule has 108 valence electrons. The Labute approximate surface area is 113 Å². The van der Waals surface area contributed by atoms with Gasteiger partial charge in [0.25, 0.3) is 0 Å². The number of rotatable bonds is 2. The molecular formula is C13H23N3O3. The van der Waals surface area contributed by atoms with Crippen LogP contribution < -0.4 is 5.43 Å². The van der Waals surface area contributed by atoms with E-state index in [1.807, 2.05) is 5.01 Å². The summed E-state index contributed by atoms with van der Waals surface area (Å²) in [6.07, 6.45) is 5.61. The zero-order valence-electron chi connectivity index (χ0n) is 11.5. The number of carbonyl (C=O) groups excluding carboxylic acids is 1. The molecule has 0 bridgehead atoms. The first-order valence-electron chi connectivity index (χ1n) is 7.10. The fraction of sp³-hybridized carbons (Fsp3) is 0.846. The van der Waals surface area contributed by atoms with Crippen molar-refractivity contribution in [3.8, 4) is 0 Å². The van der Waals surface area contributed by atoms with E-state index >= 15 is 0 Å². The van der Waals surface area contributed by atoms with Crippen LogP contribution in [-0.2, 0) is 4.79 Å². The Morgan fingerprint density at radius 1 is 1.05 bits per heavy atom. The summed E-state index contributed by atoms with van der Waals surface area (Å²) in [4.78, 5) is 25.2. The van der Waals surface area contributed by atoms with Crippen LogP contribution >= 0.6 is 0 Å². The Morgan fingerprint density at radius 2 is 1.68 bits per heavy atom. The zero-order valence-corrected chi connectivity index (χ0v) is 11.5. The minimum atomic E-state index is -1.07. The molecule has 2 aliphatic rings. The molecule has 1 atom stereocenters. The van der Waals surface area contributed by atoms with Gasteiger partial charge >= 0.3 is 12.0 Å². The minimum absolute atomic E-state index is 0.272. The first-order chi connectivity index (χ1) is 9.04. The molecule has 2 heterocycles. The monoisotopic (exact) mass is 269 g/mol. The molecule has 0 saturated carbocycles. The molecule has 2 saturated heterocycles. The molecule has 2 rings (SSSR count). The second-order valence-electron chi connectivity index (χ2n) is 5.65. The fourth-order valence-corrected chi connectivity index (χ4v) is 2.87. The molecule has 2 aliphatic heterocycles. The van der Waals surface area contributed by atoms with Crippen LogP contribution in [0.5, 0.6) is 0 Å². The highest BCUT2D eigenvalue weighted by atomic mass is 16.4. The van der Waals surface area contributed by atoms with Crippen molar-refractivity contribution in [3.63, 3.8) is 0 Å². The van der Waals surface area contributed by atoms with Crippen LogP contribution in [0.1, 0.15) is 45.4 Å². The van der Waals surface area contributed by atoms with Gasteiger partial charge in [-0.2, -0.15) is 0 Å². The first kappa shape index (κ1) is 14.1. The number of urea groups is 1. The van der Waals surface area contributed by atoms with E-state index in [4.69, 9.17) is 0 Å². The van der Waals surface area contributed by atoms with Gasteiger partial charge in [0, 0.05) is 19.6 Å². The zero-order chi connectivity index (χ0) is 13.9. The van der Waals surface area contributed by atoms with Crippen molar-refractivity contribution in [2.45, 2.75) is 51.0 Å². The lowest BCUT2D eigenvalue weighted by molar-refractivity contribution is -0.150. The molecule has 2 N–H and O–H groups in total. The summed E-state index contributed by atoms with van der Waals surface area (Å²) < 4.78 is 0. The van der Waals surface area contributed by atoms with Gasteiger partial charge in [-0.3, -0.25) is 5.43 Å². The van der Waals surface area contributed by atoms with E-state index in [0.29, 0.717) is 13.0 Å². The summed E-state index contributed by atoms with van der Waals surface area (Å²) in [5.41, 5.74) is 1.78. The molecule has 0 aromatic carbocycles. The minimum Gasteiger partial charge on any atom is -0.480 e. The summed E-state index contributed by atoms with van der Waals surface area (Å²) in [7, 11) is 0. The molecule has 2 amide bonds. The molecule has 19 heavy (non-hydrogen) atoms. The number of carboxylic acid groups (broad SMARTS) is 1. The van der Waals surface area contributed by atoms with Crippen LogP contribution in [0.2, 0.25) is 0 Å². The number of aliphatic carboxylic acids is 1. The van der Waals surface area contributed by atoms with E-state index in [0.717, 1.165) is 38.8 Å². The van der Waals surface area contributed by atoms with Gasteiger partial charge in [-0.1, -0.05) is 6.42 Å². The summed E-state index contributed by atoms with van der Waals surface area (Å²) in [6.45, 7) is 3.86. The number of hydrogen-bond acceptors (Lipinski definition) is 3. The van der Waals surface area contributed by atoms with Crippen molar-refractivity contribution in [1.82, 2.24) is 15.3 Å². The third-order valence-corrected chi connectivity index (χ3v) is 4.21. The Balaban J connectivity index is 2.01. The number of carboxylic acids is 1. The molecule has 2 fully saturated rings. The third kappa shape index (κ3) is 3.00. The van der Waals surface area contributed by atoms with Crippen LogP contribution in [0.25, 0.3) is 0 Å². The van der Waals surface area contributed by atoms with Crippen LogP contribution in [0.15, 0.2) is 0 Å². The van der Waals surface area contributed by atoms with Crippen molar-refractivity contribution >= 4 is 12.0 Å². The maximum atomic E-state index is 12.3. The van der Waals surface area contributed by atoms with Gasteiger partial charge in [0.15, 0.2) is 0 Å². The number of hydrogen-bond donors (Lipinski definition) is 2. The standard InChI is InChI=1S/C13H23N3O3/c1-13(11(17)18)7-3-6-10-16(13)12(19)14-15-8-4-2-5-9-15/h2-10H2,1H3,(H,14,19)(H,17,18). The van der Waals surface area contributed by atoms with Gasteiger partial charge < -0.3 is 10.0 Å². The summed E-state index contributed by atoms with van der Waals surface area (Å²) in [6, 6.07) is -0.272. The van der Waals surface area contributed by atoms with Gasteiger partial charge in [-0.25, -0.2) is 14.6 Å². The Bertz CT molecular complexity index is 355. The Morgan fingerprint density at radius 3 is 2.32 bits per heavy atom. The predicted molar refractivity (Wildman–Crippen MR) is 70.6 cm³/mol. The van der Waals surface area contributed by atoms with E-state index in [1.54, 1.807) is 6.92 Å². The first-order valence-corrected chi connectivity index (χ1v) is 7.10. The predicted octanol–water partition coefficient (Wildman–Crippen LogP) is 1.43. The second kappa shape index (κ2) is 5.77. The van der Waals surface area contributed by atoms with Gasteiger partial charge in [0.05, 0.1) is 0 Å². The summed E-state index contributed by atoms with van der Waals surface area (Å²) in [5, 5.41) is 11.3. The number of hydrazine groups is 1. The number of nitrogens with zero attached hydrogens (tertiary/aromatic N) is 2. The topological polar surface area (TPSA) is 72.9 Å². The molecule has 0 aliphatic carbocycles. The maximum Gasteiger partial charge on any atom is 0.332 e. The molecule has 0 radical (unpaired) electrons. The molecule has 6 nitrogen and oxygen atoms in total. The van der Waals surface area contributed by atoms with E-state index in [2.05, 4.69) is 5.43 Å². The maximum absolute atomic E-state index is 12.3. The van der Waals surface area contributed by atoms with Crippen LogP contribution in [-0.4, -0.2) is 52.2 Å². The van der Waals surface area contributed by atoms with Crippen LogP contribution in [0.3, 0.4) is 0 Å². The van der Waals surface area contributed by atoms with E-state index in [9.17, 15) is 14.7 Å². The van der Waals surface area contributed by atoms with Gasteiger partial charge in [-0.15, -0.1) is 0 Å². The fourth-order valence-electron chi connectivity index (χ4n) is 2.87. The Kier molecular flexibility index (Phi) is 4.29. The number of piperidine rings is 2. The summed E-state index contributed by atoms with van der Waals surface area (Å²) >= 11 is 0. The lowest BCUT2D eigenvalue weighted by atomic mass is 9.89. The normalized spacial score (nSPS) is 29.0. The SMILES string of the molecule is CC1(C(=O)O)CCCCN1C(=O)NN1CCCCC1. The highest BCUT2D eigenvalue weighted by molar-refractivity contribution is 5.86. The molecule has 1 unspecified atom stereocenters. The molecule has 0 aromatic rings. The molecular weight excluding hydrogens is 246 g/mol. The quantitative estimate of drug-likeness (QED) is 0.795. The second-order valence-corrected chi connectivity index (χ2v) is 5.65. The number of nitrogens with one attached hydrogen (secondary N) is 1. The average molecular weight is 269 g/mol. The van der Waals surface area contributed by atoms with E-state index in [-0.39, 0.29) is 6.03 Å². The summed E-state index contributed by atoms with van der Waals surface area (Å²) in [5.74, 6) is -0.916. The van der Waals surface area contributed by atoms with Crippen LogP contribution in [0, 0.1) is 0 Å². The van der Waals surface area contributed by atoms with Crippen molar-refractivity contribution in [2.24, 2.45) is 0 Å². The van der Waals surface area contributed by atoms with E-state index < -0.39 is 11.5 Å². The third-order valence-electron chi connectivity index (χ3n) is 4.21. The van der Waals surface area contributed by atoms with Gasteiger partial charge in [0.1, 0.15) is 5.54 Å². The highest BCUT2D eigenvalue weighted by Crippen LogP contribution is 2.28. The average Bonchev–Trinajstić information content (AvgIpc) is 2.40. The van der Waals surface area contributed by atoms with E-state index in [1.165, 1.54) is 11.3 Å². The largest absolute Gasteiger partial charge is 0.480 e. The van der Waals surface area contributed by atoms with Crippen molar-refractivity contribution < 1.29 is 14.7 Å². The lowest BCUT2D eigenvalue weighted by Crippen LogP contribution is -2.62. The highest BCUT2D eigenvalue weighted by Gasteiger charge is 2.44. The number of carbonyl (C=O) groups is 2. The molecule has 0 spiro atoms. The molecule has 0 aromatic heterocycles.